The smallest absolute Gasteiger partial charge is 0.251 e. The van der Waals surface area contributed by atoms with Gasteiger partial charge in [0.25, 0.3) is 5.91 Å². The topological polar surface area (TPSA) is 58.2 Å². The van der Waals surface area contributed by atoms with Gasteiger partial charge in [-0.3, -0.25) is 9.59 Å². The lowest BCUT2D eigenvalue weighted by molar-refractivity contribution is -0.115. The van der Waals surface area contributed by atoms with Crippen LogP contribution in [0.5, 0.6) is 0 Å². The maximum atomic E-state index is 11.9. The molecule has 114 valence electrons. The average molecular weight is 337 g/mol. The summed E-state index contributed by atoms with van der Waals surface area (Å²) in [4.78, 5) is 23.7. The fourth-order valence-corrected chi connectivity index (χ4v) is 2.09. The molecule has 0 saturated heterocycles. The van der Waals surface area contributed by atoms with Crippen LogP contribution >= 0.6 is 23.2 Å². The molecular weight excluding hydrogens is 323 g/mol. The monoisotopic (exact) mass is 336 g/mol. The zero-order chi connectivity index (χ0) is 16.1. The van der Waals surface area contributed by atoms with E-state index >= 15 is 0 Å². The van der Waals surface area contributed by atoms with E-state index in [4.69, 9.17) is 23.2 Å². The first-order valence-electron chi connectivity index (χ1n) is 6.55. The fraction of sp³-hybridized carbons (Fsp3) is 0.125. The Balaban J connectivity index is 1.91. The summed E-state index contributed by atoms with van der Waals surface area (Å²) in [5.41, 5.74) is 1.97. The van der Waals surface area contributed by atoms with Gasteiger partial charge in [-0.05, 0) is 37.3 Å². The minimum Gasteiger partial charge on any atom is -0.343 e. The minimum absolute atomic E-state index is 0.157. The van der Waals surface area contributed by atoms with E-state index in [1.165, 1.54) is 0 Å². The number of carbonyl (C=O) groups excluding carboxylic acids is 2. The number of hydrogen-bond donors (Lipinski definition) is 2. The first kappa shape index (κ1) is 16.3. The van der Waals surface area contributed by atoms with Crippen molar-refractivity contribution >= 4 is 40.7 Å². The number of aryl methyl sites for hydroxylation is 1. The molecule has 6 heteroatoms. The van der Waals surface area contributed by atoms with Gasteiger partial charge >= 0.3 is 0 Å². The first-order valence-corrected chi connectivity index (χ1v) is 7.31. The van der Waals surface area contributed by atoms with Crippen molar-refractivity contribution < 1.29 is 9.59 Å². The molecule has 0 unspecified atom stereocenters. The highest BCUT2D eigenvalue weighted by Crippen LogP contribution is 2.25. The van der Waals surface area contributed by atoms with E-state index in [1.54, 1.807) is 30.3 Å². The molecule has 2 rings (SSSR count). The van der Waals surface area contributed by atoms with Gasteiger partial charge in [-0.1, -0.05) is 40.9 Å². The summed E-state index contributed by atoms with van der Waals surface area (Å²) in [5, 5.41) is 5.98. The van der Waals surface area contributed by atoms with E-state index < -0.39 is 0 Å². The van der Waals surface area contributed by atoms with Crippen molar-refractivity contribution in [3.8, 4) is 0 Å². The maximum absolute atomic E-state index is 11.9. The van der Waals surface area contributed by atoms with Crippen LogP contribution in [0, 0.1) is 6.92 Å². The third kappa shape index (κ3) is 4.48. The summed E-state index contributed by atoms with van der Waals surface area (Å²) in [6, 6.07) is 11.8. The van der Waals surface area contributed by atoms with E-state index in [1.807, 2.05) is 19.1 Å². The van der Waals surface area contributed by atoms with Crippen LogP contribution in [0.15, 0.2) is 42.5 Å². The Morgan fingerprint density at radius 2 is 1.73 bits per heavy atom. The molecule has 0 aliphatic heterocycles. The Labute approximate surface area is 138 Å². The maximum Gasteiger partial charge on any atom is 0.251 e. The second kappa shape index (κ2) is 7.29. The second-order valence-corrected chi connectivity index (χ2v) is 5.56. The quantitative estimate of drug-likeness (QED) is 0.894. The summed E-state index contributed by atoms with van der Waals surface area (Å²) < 4.78 is 0. The summed E-state index contributed by atoms with van der Waals surface area (Å²) in [6.45, 7) is 1.78. The molecular formula is C16H14Cl2N2O2. The summed E-state index contributed by atoms with van der Waals surface area (Å²) in [5.74, 6) is -0.697. The van der Waals surface area contributed by atoms with E-state index in [-0.39, 0.29) is 18.4 Å². The number of anilines is 1. The highest BCUT2D eigenvalue weighted by atomic mass is 35.5. The van der Waals surface area contributed by atoms with Crippen LogP contribution in [0.3, 0.4) is 0 Å². The van der Waals surface area contributed by atoms with Crippen molar-refractivity contribution in [3.63, 3.8) is 0 Å². The Morgan fingerprint density at radius 1 is 1.05 bits per heavy atom. The number of halogens is 2. The van der Waals surface area contributed by atoms with E-state index in [9.17, 15) is 9.59 Å². The van der Waals surface area contributed by atoms with E-state index in [0.29, 0.717) is 21.3 Å². The molecule has 0 spiro atoms. The average Bonchev–Trinajstić information content (AvgIpc) is 2.49. The molecule has 2 aromatic carbocycles. The zero-order valence-corrected chi connectivity index (χ0v) is 13.3. The second-order valence-electron chi connectivity index (χ2n) is 4.72. The van der Waals surface area contributed by atoms with Gasteiger partial charge in [0.2, 0.25) is 5.91 Å². The predicted molar refractivity (Wildman–Crippen MR) is 88.6 cm³/mol. The number of nitrogens with one attached hydrogen (secondary N) is 2. The van der Waals surface area contributed by atoms with Crippen LogP contribution in [0.1, 0.15) is 15.9 Å². The Hall–Kier alpha value is -2.04. The van der Waals surface area contributed by atoms with Gasteiger partial charge < -0.3 is 10.6 Å². The van der Waals surface area contributed by atoms with Crippen LogP contribution in [0.25, 0.3) is 0 Å². The lowest BCUT2D eigenvalue weighted by Crippen LogP contribution is -2.32. The molecule has 0 bridgehead atoms. The third-order valence-electron chi connectivity index (χ3n) is 2.93. The van der Waals surface area contributed by atoms with Crippen LogP contribution < -0.4 is 10.6 Å². The van der Waals surface area contributed by atoms with Crippen molar-refractivity contribution in [2.24, 2.45) is 0 Å². The molecule has 0 saturated carbocycles. The van der Waals surface area contributed by atoms with Crippen LogP contribution in [0.4, 0.5) is 5.69 Å². The van der Waals surface area contributed by atoms with Crippen LogP contribution in [-0.4, -0.2) is 18.4 Å². The van der Waals surface area contributed by atoms with Gasteiger partial charge in [-0.2, -0.15) is 0 Å². The highest BCUT2D eigenvalue weighted by Gasteiger charge is 2.09. The Morgan fingerprint density at radius 3 is 2.41 bits per heavy atom. The molecule has 0 fully saturated rings. The standard InChI is InChI=1S/C16H14Cl2N2O2/c1-10-2-4-11(5-3-10)16(22)19-9-15(21)20-14-8-12(17)6-7-13(14)18/h2-8H,9H2,1H3,(H,19,22)(H,20,21). The minimum atomic E-state index is -0.385. The molecule has 22 heavy (non-hydrogen) atoms. The normalized spacial score (nSPS) is 10.1. The molecule has 4 nitrogen and oxygen atoms in total. The lowest BCUT2D eigenvalue weighted by Gasteiger charge is -2.09. The molecule has 0 aliphatic rings. The van der Waals surface area contributed by atoms with Crippen molar-refractivity contribution in [1.29, 1.82) is 0 Å². The number of rotatable bonds is 4. The van der Waals surface area contributed by atoms with Gasteiger partial charge in [0.15, 0.2) is 0 Å². The van der Waals surface area contributed by atoms with Crippen LogP contribution in [-0.2, 0) is 4.79 Å². The molecule has 0 aliphatic carbocycles. The fourth-order valence-electron chi connectivity index (χ4n) is 1.76. The Bertz CT molecular complexity index is 700. The van der Waals surface area contributed by atoms with Gasteiger partial charge in [-0.15, -0.1) is 0 Å². The molecule has 0 atom stereocenters. The summed E-state index contributed by atoms with van der Waals surface area (Å²) in [7, 11) is 0. The number of amides is 2. The number of benzene rings is 2. The number of carbonyl (C=O) groups is 2. The molecule has 2 aromatic rings. The van der Waals surface area contributed by atoms with Gasteiger partial charge in [0, 0.05) is 10.6 Å². The van der Waals surface area contributed by atoms with Gasteiger partial charge in [-0.25, -0.2) is 0 Å². The predicted octanol–water partition coefficient (Wildman–Crippen LogP) is 3.67. The third-order valence-corrected chi connectivity index (χ3v) is 3.49. The highest BCUT2D eigenvalue weighted by molar-refractivity contribution is 6.35. The van der Waals surface area contributed by atoms with E-state index in [2.05, 4.69) is 10.6 Å². The van der Waals surface area contributed by atoms with Crippen molar-refractivity contribution in [3.05, 3.63) is 63.6 Å². The van der Waals surface area contributed by atoms with Crippen molar-refractivity contribution in [2.45, 2.75) is 6.92 Å². The molecule has 0 heterocycles. The van der Waals surface area contributed by atoms with Gasteiger partial charge in [0.05, 0.1) is 17.3 Å². The first-order chi connectivity index (χ1) is 10.5. The molecule has 2 amide bonds. The van der Waals surface area contributed by atoms with Crippen LogP contribution in [0.2, 0.25) is 10.0 Å². The summed E-state index contributed by atoms with van der Waals surface area (Å²) in [6.07, 6.45) is 0. The zero-order valence-electron chi connectivity index (χ0n) is 11.8. The van der Waals surface area contributed by atoms with Crippen molar-refractivity contribution in [1.82, 2.24) is 5.32 Å². The number of hydrogen-bond acceptors (Lipinski definition) is 2. The van der Waals surface area contributed by atoms with Crippen molar-refractivity contribution in [2.75, 3.05) is 11.9 Å². The molecule has 0 radical (unpaired) electrons. The largest absolute Gasteiger partial charge is 0.343 e. The van der Waals surface area contributed by atoms with E-state index in [0.717, 1.165) is 5.56 Å². The SMILES string of the molecule is Cc1ccc(C(=O)NCC(=O)Nc2cc(Cl)ccc2Cl)cc1. The molecule has 0 aromatic heterocycles. The Kier molecular flexibility index (Phi) is 5.41. The van der Waals surface area contributed by atoms with Gasteiger partial charge in [0.1, 0.15) is 0 Å². The summed E-state index contributed by atoms with van der Waals surface area (Å²) >= 11 is 11.8. The lowest BCUT2D eigenvalue weighted by atomic mass is 10.1. The molecule has 2 N–H and O–H groups in total.